The van der Waals surface area contributed by atoms with Gasteiger partial charge in [0, 0.05) is 55.6 Å². The van der Waals surface area contributed by atoms with Gasteiger partial charge in [0.2, 0.25) is 0 Å². The monoisotopic (exact) mass is 527 g/mol. The predicted molar refractivity (Wildman–Crippen MR) is 135 cm³/mol. The minimum atomic E-state index is -1.03. The van der Waals surface area contributed by atoms with Crippen LogP contribution in [0.5, 0.6) is 0 Å². The third-order valence-corrected chi connectivity index (χ3v) is 7.75. The second-order valence-corrected chi connectivity index (χ2v) is 10.1. The number of nitrogens with one attached hydrogen (secondary N) is 1. The maximum atomic E-state index is 14.4. The van der Waals surface area contributed by atoms with Crippen molar-refractivity contribution in [3.05, 3.63) is 65.9 Å². The van der Waals surface area contributed by atoms with Gasteiger partial charge in [-0.1, -0.05) is 0 Å². The Morgan fingerprint density at radius 1 is 1.15 bits per heavy atom. The number of nitrogens with zero attached hydrogens (tertiary/aromatic N) is 8. The third-order valence-electron chi connectivity index (χ3n) is 7.75. The molecule has 1 aromatic carbocycles. The second kappa shape index (κ2) is 9.57. The number of fused-ring (bicyclic) bond motifs is 1. The zero-order valence-electron chi connectivity index (χ0n) is 20.8. The molecule has 0 atom stereocenters. The van der Waals surface area contributed by atoms with Gasteiger partial charge in [-0.05, 0) is 31.0 Å². The van der Waals surface area contributed by atoms with Crippen molar-refractivity contribution in [2.75, 3.05) is 26.2 Å². The van der Waals surface area contributed by atoms with Gasteiger partial charge in [-0.2, -0.15) is 15.6 Å². The average Bonchev–Trinajstić information content (AvgIpc) is 3.60. The van der Waals surface area contributed by atoms with Crippen LogP contribution in [-0.2, 0) is 5.54 Å². The number of aromatic amines is 1. The van der Waals surface area contributed by atoms with Crippen molar-refractivity contribution in [3.8, 4) is 23.4 Å². The molecule has 2 saturated heterocycles. The summed E-state index contributed by atoms with van der Waals surface area (Å²) in [5, 5.41) is 24.0. The lowest BCUT2D eigenvalue weighted by atomic mass is 9.83. The number of hydrogen-bond acceptors (Lipinski definition) is 7. The topological polar surface area (TPSA) is 131 Å². The van der Waals surface area contributed by atoms with Crippen molar-refractivity contribution in [3.63, 3.8) is 0 Å². The van der Waals surface area contributed by atoms with E-state index in [2.05, 4.69) is 31.0 Å². The van der Waals surface area contributed by atoms with Crippen molar-refractivity contribution >= 4 is 16.9 Å². The van der Waals surface area contributed by atoms with Crippen molar-refractivity contribution < 1.29 is 13.6 Å². The molecule has 4 aromatic rings. The van der Waals surface area contributed by atoms with E-state index < -0.39 is 28.6 Å². The molecule has 0 spiro atoms. The van der Waals surface area contributed by atoms with Crippen LogP contribution in [0.25, 0.3) is 22.3 Å². The summed E-state index contributed by atoms with van der Waals surface area (Å²) in [6.07, 6.45) is 8.57. The van der Waals surface area contributed by atoms with E-state index in [0.29, 0.717) is 45.4 Å². The lowest BCUT2D eigenvalue weighted by molar-refractivity contribution is -0.0412. The zero-order valence-corrected chi connectivity index (χ0v) is 20.8. The lowest BCUT2D eigenvalue weighted by Gasteiger charge is -2.53. The quantitative estimate of drug-likeness (QED) is 0.422. The second-order valence-electron chi connectivity index (χ2n) is 10.1. The Labute approximate surface area is 222 Å². The van der Waals surface area contributed by atoms with Crippen LogP contribution in [0.15, 0.2) is 43.1 Å². The van der Waals surface area contributed by atoms with Crippen molar-refractivity contribution in [2.45, 2.75) is 30.8 Å². The fraction of sp³-hybridized carbons (Fsp3) is 0.333. The van der Waals surface area contributed by atoms with E-state index in [4.69, 9.17) is 5.26 Å². The predicted octanol–water partition coefficient (Wildman–Crippen LogP) is 3.20. The average molecular weight is 528 g/mol. The molecule has 12 heteroatoms. The standard InChI is InChI=1S/C27H23F2N9O/c28-21-9-17(11-31)10-22(29)23(21)26(39)36-7-2-19(3-8-36)37-14-27(15-37,4-5-30)38-13-18(12-35-38)24-20-1-6-32-25(20)34-16-33-24/h1,6,9-10,12-13,16,19H,2-4,7-8,14-15H2,(H,32,33,34). The highest BCUT2D eigenvalue weighted by atomic mass is 19.1. The highest BCUT2D eigenvalue weighted by Crippen LogP contribution is 2.37. The molecule has 0 saturated carbocycles. The molecule has 39 heavy (non-hydrogen) atoms. The minimum absolute atomic E-state index is 0.169. The minimum Gasteiger partial charge on any atom is -0.346 e. The molecule has 2 aliphatic heterocycles. The number of hydrogen-bond donors (Lipinski definition) is 1. The molecule has 6 rings (SSSR count). The number of likely N-dealkylation sites (tertiary alicyclic amines) is 2. The molecule has 0 aliphatic carbocycles. The summed E-state index contributed by atoms with van der Waals surface area (Å²) in [5.41, 5.74) is 1.08. The first-order valence-electron chi connectivity index (χ1n) is 12.6. The maximum absolute atomic E-state index is 14.4. The Hall–Kier alpha value is -4.68. The van der Waals surface area contributed by atoms with Gasteiger partial charge in [0.1, 0.15) is 34.7 Å². The highest BCUT2D eigenvalue weighted by molar-refractivity contribution is 5.95. The zero-order chi connectivity index (χ0) is 27.1. The fourth-order valence-electron chi connectivity index (χ4n) is 5.69. The first kappa shape index (κ1) is 24.6. The number of aromatic nitrogens is 5. The van der Waals surface area contributed by atoms with Crippen LogP contribution >= 0.6 is 0 Å². The molecule has 3 aromatic heterocycles. The number of piperidine rings is 1. The molecule has 2 fully saturated rings. The van der Waals surface area contributed by atoms with Crippen LogP contribution in [0.4, 0.5) is 8.78 Å². The van der Waals surface area contributed by atoms with Gasteiger partial charge in [0.05, 0.1) is 36.0 Å². The van der Waals surface area contributed by atoms with E-state index in [-0.39, 0.29) is 11.6 Å². The first-order chi connectivity index (χ1) is 18.9. The lowest BCUT2D eigenvalue weighted by Crippen LogP contribution is -2.66. The number of carbonyl (C=O) groups excluding carboxylic acids is 1. The molecular formula is C27H23F2N9O. The van der Waals surface area contributed by atoms with E-state index in [1.165, 1.54) is 11.2 Å². The molecule has 196 valence electrons. The molecular weight excluding hydrogens is 504 g/mol. The Morgan fingerprint density at radius 2 is 1.90 bits per heavy atom. The highest BCUT2D eigenvalue weighted by Gasteiger charge is 2.48. The molecule has 0 radical (unpaired) electrons. The van der Waals surface area contributed by atoms with Crippen LogP contribution in [0.1, 0.15) is 35.2 Å². The normalized spacial score (nSPS) is 17.5. The molecule has 0 unspecified atom stereocenters. The molecule has 1 N–H and O–H groups in total. The molecule has 0 bridgehead atoms. The molecule has 1 amide bonds. The third kappa shape index (κ3) is 4.19. The number of nitriles is 2. The maximum Gasteiger partial charge on any atom is 0.259 e. The number of H-pyrrole nitrogens is 1. The van der Waals surface area contributed by atoms with Crippen molar-refractivity contribution in [1.82, 2.24) is 34.5 Å². The van der Waals surface area contributed by atoms with Crippen LogP contribution in [0.3, 0.4) is 0 Å². The van der Waals surface area contributed by atoms with Crippen molar-refractivity contribution in [1.29, 1.82) is 10.5 Å². The van der Waals surface area contributed by atoms with Gasteiger partial charge in [-0.3, -0.25) is 14.4 Å². The van der Waals surface area contributed by atoms with Gasteiger partial charge in [0.25, 0.3) is 5.91 Å². The molecule has 5 heterocycles. The fourth-order valence-corrected chi connectivity index (χ4v) is 5.69. The summed E-state index contributed by atoms with van der Waals surface area (Å²) in [6, 6.07) is 7.84. The van der Waals surface area contributed by atoms with Crippen LogP contribution < -0.4 is 0 Å². The summed E-state index contributed by atoms with van der Waals surface area (Å²) in [7, 11) is 0. The largest absolute Gasteiger partial charge is 0.346 e. The Balaban J connectivity index is 1.12. The van der Waals surface area contributed by atoms with E-state index in [1.54, 1.807) is 12.3 Å². The smallest absolute Gasteiger partial charge is 0.259 e. The van der Waals surface area contributed by atoms with E-state index >= 15 is 0 Å². The van der Waals surface area contributed by atoms with Gasteiger partial charge >= 0.3 is 0 Å². The Kier molecular flexibility index (Phi) is 6.04. The molecule has 10 nitrogen and oxygen atoms in total. The van der Waals surface area contributed by atoms with E-state index in [9.17, 15) is 18.8 Å². The van der Waals surface area contributed by atoms with Crippen LogP contribution in [0, 0.1) is 34.3 Å². The van der Waals surface area contributed by atoms with E-state index in [1.807, 2.05) is 23.1 Å². The number of benzene rings is 1. The number of carbonyl (C=O) groups is 1. The Bertz CT molecular complexity index is 1630. The van der Waals surface area contributed by atoms with Crippen molar-refractivity contribution in [2.24, 2.45) is 0 Å². The summed E-state index contributed by atoms with van der Waals surface area (Å²) in [6.45, 7) is 1.97. The SMILES string of the molecule is N#CCC1(n2cc(-c3ncnc4[nH]ccc34)cn2)CN(C2CCN(C(=O)c3c(F)cc(C#N)cc3F)CC2)C1. The van der Waals surface area contributed by atoms with Crippen LogP contribution in [-0.4, -0.2) is 72.7 Å². The van der Waals surface area contributed by atoms with E-state index in [0.717, 1.165) is 34.4 Å². The van der Waals surface area contributed by atoms with Crippen LogP contribution in [0.2, 0.25) is 0 Å². The summed E-state index contributed by atoms with van der Waals surface area (Å²) >= 11 is 0. The van der Waals surface area contributed by atoms with Gasteiger partial charge in [-0.25, -0.2) is 18.7 Å². The number of rotatable bonds is 5. The first-order valence-corrected chi connectivity index (χ1v) is 12.6. The van der Waals surface area contributed by atoms with Gasteiger partial charge in [-0.15, -0.1) is 0 Å². The summed E-state index contributed by atoms with van der Waals surface area (Å²) < 4.78 is 30.6. The van der Waals surface area contributed by atoms with Gasteiger partial charge < -0.3 is 9.88 Å². The Morgan fingerprint density at radius 3 is 2.59 bits per heavy atom. The summed E-state index contributed by atoms with van der Waals surface area (Å²) in [5.74, 6) is -2.76. The number of halogens is 2. The summed E-state index contributed by atoms with van der Waals surface area (Å²) in [4.78, 5) is 28.3. The number of amides is 1. The van der Waals surface area contributed by atoms with Gasteiger partial charge in [0.15, 0.2) is 0 Å². The molecule has 2 aliphatic rings.